The maximum Gasteiger partial charge on any atom is 0.312 e. The molecule has 8 nitrogen and oxygen atoms in total. The van der Waals surface area contributed by atoms with Crippen LogP contribution in [-0.4, -0.2) is 43.3 Å². The van der Waals surface area contributed by atoms with Crippen LogP contribution >= 0.6 is 0 Å². The number of terminal acetylenes is 1. The first-order chi connectivity index (χ1) is 17.4. The number of unbranched alkanes of at least 4 members (excludes halogenated alkanes) is 10. The van der Waals surface area contributed by atoms with E-state index in [4.69, 9.17) is 16.9 Å². The largest absolute Gasteiger partial charge is 0.464 e. The summed E-state index contributed by atoms with van der Waals surface area (Å²) in [7, 11) is 0. The van der Waals surface area contributed by atoms with Crippen LogP contribution in [0.1, 0.15) is 97.3 Å². The minimum absolute atomic E-state index is 0.0133. The van der Waals surface area contributed by atoms with Crippen LogP contribution in [0, 0.1) is 23.8 Å². The molecule has 0 spiro atoms. The third kappa shape index (κ3) is 8.74. The van der Waals surface area contributed by atoms with Gasteiger partial charge in [0.2, 0.25) is 0 Å². The lowest BCUT2D eigenvalue weighted by molar-refractivity contribution is -0.148. The van der Waals surface area contributed by atoms with Crippen LogP contribution in [0.4, 0.5) is 10.2 Å². The molecule has 3 N–H and O–H groups in total. The number of aliphatic hydroxyl groups is 1. The highest BCUT2D eigenvalue weighted by Gasteiger charge is 2.37. The third-order valence-electron chi connectivity index (χ3n) is 6.86. The highest BCUT2D eigenvalue weighted by Crippen LogP contribution is 2.29. The number of fused-ring (bicyclic) bond motifs is 1. The number of carbonyl (C=O) groups excluding carboxylic acids is 1. The molecule has 36 heavy (non-hydrogen) atoms. The zero-order valence-electron chi connectivity index (χ0n) is 21.8. The average Bonchev–Trinajstić information content (AvgIpc) is 3.26. The summed E-state index contributed by atoms with van der Waals surface area (Å²) in [6.45, 7) is 3.94. The van der Waals surface area contributed by atoms with Crippen LogP contribution in [-0.2, 0) is 16.1 Å². The van der Waals surface area contributed by atoms with E-state index in [-0.39, 0.29) is 36.1 Å². The molecule has 2 aromatic rings. The van der Waals surface area contributed by atoms with Gasteiger partial charge in [-0.2, -0.15) is 14.4 Å². The highest BCUT2D eigenvalue weighted by molar-refractivity contribution is 5.81. The molecule has 0 radical (unpaired) electrons. The van der Waals surface area contributed by atoms with Crippen molar-refractivity contribution in [2.75, 3.05) is 12.3 Å². The normalized spacial score (nSPS) is 13.9. The number of aromatic nitrogens is 4. The number of nitrogens with two attached hydrogens (primary N) is 1. The number of esters is 1. The van der Waals surface area contributed by atoms with Gasteiger partial charge in [-0.1, -0.05) is 84.0 Å². The number of rotatable bonds is 18. The number of imidazole rings is 1. The van der Waals surface area contributed by atoms with Crippen LogP contribution in [0.5, 0.6) is 0 Å². The SMILES string of the molecule is C#CC(CC)(COC(=O)CCCCCCCCCCCCC)[C@@H](O)Cn1cnc2c(N)nc(F)nc21. The number of anilines is 1. The van der Waals surface area contributed by atoms with Gasteiger partial charge in [0.1, 0.15) is 12.1 Å². The summed E-state index contributed by atoms with van der Waals surface area (Å²) in [6, 6.07) is 0. The molecule has 0 aromatic carbocycles. The minimum atomic E-state index is -1.10. The Morgan fingerprint density at radius 3 is 2.33 bits per heavy atom. The van der Waals surface area contributed by atoms with E-state index in [2.05, 4.69) is 27.8 Å². The van der Waals surface area contributed by atoms with E-state index in [1.54, 1.807) is 0 Å². The van der Waals surface area contributed by atoms with Crippen molar-refractivity contribution in [3.63, 3.8) is 0 Å². The number of halogens is 1. The number of hydrogen-bond acceptors (Lipinski definition) is 7. The Morgan fingerprint density at radius 1 is 1.14 bits per heavy atom. The molecule has 2 aromatic heterocycles. The van der Waals surface area contributed by atoms with E-state index in [9.17, 15) is 14.3 Å². The molecule has 2 atom stereocenters. The van der Waals surface area contributed by atoms with Crippen LogP contribution < -0.4 is 5.73 Å². The van der Waals surface area contributed by atoms with Gasteiger partial charge in [-0.15, -0.1) is 6.42 Å². The molecule has 0 aliphatic carbocycles. The van der Waals surface area contributed by atoms with E-state index in [1.165, 1.54) is 62.3 Å². The first kappa shape index (κ1) is 29.5. The Hall–Kier alpha value is -2.73. The maximum absolute atomic E-state index is 13.6. The van der Waals surface area contributed by atoms with E-state index in [0.29, 0.717) is 12.8 Å². The summed E-state index contributed by atoms with van der Waals surface area (Å²) in [5.74, 6) is 2.22. The fraction of sp³-hybridized carbons (Fsp3) is 0.704. The van der Waals surface area contributed by atoms with Crippen molar-refractivity contribution in [2.24, 2.45) is 5.41 Å². The lowest BCUT2D eigenvalue weighted by Crippen LogP contribution is -2.41. The molecule has 0 amide bonds. The van der Waals surface area contributed by atoms with Crippen molar-refractivity contribution < 1.29 is 19.0 Å². The van der Waals surface area contributed by atoms with Gasteiger partial charge >= 0.3 is 12.0 Å². The van der Waals surface area contributed by atoms with Gasteiger partial charge in [0.05, 0.1) is 24.4 Å². The second-order valence-electron chi connectivity index (χ2n) is 9.56. The molecule has 0 fully saturated rings. The van der Waals surface area contributed by atoms with Crippen molar-refractivity contribution in [3.8, 4) is 12.3 Å². The van der Waals surface area contributed by atoms with Gasteiger partial charge < -0.3 is 20.1 Å². The Labute approximate surface area is 214 Å². The van der Waals surface area contributed by atoms with Crippen LogP contribution in [0.25, 0.3) is 11.2 Å². The van der Waals surface area contributed by atoms with Gasteiger partial charge in [-0.25, -0.2) is 4.98 Å². The lowest BCUT2D eigenvalue weighted by atomic mass is 9.81. The fourth-order valence-electron chi connectivity index (χ4n) is 4.32. The second kappa shape index (κ2) is 15.4. The van der Waals surface area contributed by atoms with Crippen LogP contribution in [0.2, 0.25) is 0 Å². The number of nitrogens with zero attached hydrogens (tertiary/aromatic N) is 4. The molecule has 0 aliphatic rings. The molecule has 1 unspecified atom stereocenters. The summed E-state index contributed by atoms with van der Waals surface area (Å²) in [5.41, 5.74) is 5.01. The molecule has 2 heterocycles. The summed E-state index contributed by atoms with van der Waals surface area (Å²) in [6.07, 6.45) is 19.1. The second-order valence-corrected chi connectivity index (χ2v) is 9.56. The summed E-state index contributed by atoms with van der Waals surface area (Å²) in [5, 5.41) is 11.0. The number of nitrogen functional groups attached to an aromatic ring is 1. The number of carbonyl (C=O) groups is 1. The summed E-state index contributed by atoms with van der Waals surface area (Å²) in [4.78, 5) is 23.6. The van der Waals surface area contributed by atoms with Gasteiger partial charge in [0.25, 0.3) is 0 Å². The molecule has 0 aliphatic heterocycles. The smallest absolute Gasteiger partial charge is 0.312 e. The predicted molar refractivity (Wildman–Crippen MR) is 139 cm³/mol. The average molecular weight is 504 g/mol. The number of ether oxygens (including phenoxy) is 1. The summed E-state index contributed by atoms with van der Waals surface area (Å²) < 4.78 is 20.6. The lowest BCUT2D eigenvalue weighted by Gasteiger charge is -2.32. The first-order valence-electron chi connectivity index (χ1n) is 13.3. The van der Waals surface area contributed by atoms with Gasteiger partial charge in [0, 0.05) is 6.42 Å². The molecule has 200 valence electrons. The standard InChI is InChI=1S/C27H42FN5O3/c1-4-7-8-9-10-11-12-13-14-15-16-17-22(35)36-19-27(5-2,6-3)21(34)18-33-20-30-23-24(29)31-26(28)32-25(23)33/h2,20-21,34H,4,6-19H2,1,3H3,(H2,29,31,32)/t21-,27?/m0/s1. The Balaban J connectivity index is 1.75. The van der Waals surface area contributed by atoms with Crippen molar-refractivity contribution >= 4 is 23.0 Å². The summed E-state index contributed by atoms with van der Waals surface area (Å²) >= 11 is 0. The number of aliphatic hydroxyl groups excluding tert-OH is 1. The van der Waals surface area contributed by atoms with Crippen molar-refractivity contribution in [3.05, 3.63) is 12.4 Å². The van der Waals surface area contributed by atoms with Gasteiger partial charge in [-0.3, -0.25) is 4.79 Å². The first-order valence-corrected chi connectivity index (χ1v) is 13.3. The van der Waals surface area contributed by atoms with Gasteiger partial charge in [0.15, 0.2) is 11.5 Å². The van der Waals surface area contributed by atoms with E-state index >= 15 is 0 Å². The molecular formula is C27H42FN5O3. The molecule has 0 saturated heterocycles. The zero-order chi connectivity index (χ0) is 26.4. The topological polar surface area (TPSA) is 116 Å². The van der Waals surface area contributed by atoms with Crippen molar-refractivity contribution in [1.29, 1.82) is 0 Å². The van der Waals surface area contributed by atoms with Crippen LogP contribution in [0.3, 0.4) is 0 Å². The van der Waals surface area contributed by atoms with E-state index in [1.807, 2.05) is 6.92 Å². The molecule has 0 bridgehead atoms. The van der Waals surface area contributed by atoms with E-state index in [0.717, 1.165) is 19.3 Å². The molecule has 9 heteroatoms. The monoisotopic (exact) mass is 503 g/mol. The van der Waals surface area contributed by atoms with Crippen molar-refractivity contribution in [2.45, 2.75) is 110 Å². The molecular weight excluding hydrogens is 461 g/mol. The Morgan fingerprint density at radius 2 is 1.75 bits per heavy atom. The number of hydrogen-bond donors (Lipinski definition) is 2. The highest BCUT2D eigenvalue weighted by atomic mass is 19.1. The third-order valence-corrected chi connectivity index (χ3v) is 6.86. The van der Waals surface area contributed by atoms with E-state index < -0.39 is 17.6 Å². The minimum Gasteiger partial charge on any atom is -0.464 e. The molecule has 0 saturated carbocycles. The zero-order valence-corrected chi connectivity index (χ0v) is 21.8. The molecule has 2 rings (SSSR count). The Bertz CT molecular complexity index is 990. The van der Waals surface area contributed by atoms with Crippen molar-refractivity contribution in [1.82, 2.24) is 19.5 Å². The van der Waals surface area contributed by atoms with Crippen LogP contribution in [0.15, 0.2) is 6.33 Å². The Kier molecular flexibility index (Phi) is 12.6. The quantitative estimate of drug-likeness (QED) is 0.125. The predicted octanol–water partition coefficient (Wildman–Crippen LogP) is 5.18. The fourth-order valence-corrected chi connectivity index (χ4v) is 4.32. The van der Waals surface area contributed by atoms with Gasteiger partial charge in [-0.05, 0) is 12.8 Å². The maximum atomic E-state index is 13.6.